The molecule has 1 amide bonds. The van der Waals surface area contributed by atoms with Gasteiger partial charge in [-0.2, -0.15) is 0 Å². The normalized spacial score (nSPS) is 15.9. The Balaban J connectivity index is 1.65. The molecule has 0 fully saturated rings. The number of esters is 2. The summed E-state index contributed by atoms with van der Waals surface area (Å²) < 4.78 is 10.9. The van der Waals surface area contributed by atoms with Crippen molar-refractivity contribution >= 4 is 45.5 Å². The fraction of sp³-hybridized carbons (Fsp3) is 0.320. The highest BCUT2D eigenvalue weighted by Crippen LogP contribution is 2.40. The Hall–Kier alpha value is -2.97. The van der Waals surface area contributed by atoms with Crippen molar-refractivity contribution < 1.29 is 23.9 Å². The number of anilines is 1. The molecule has 2 aromatic heterocycles. The minimum absolute atomic E-state index is 0.248. The van der Waals surface area contributed by atoms with Crippen LogP contribution in [0.25, 0.3) is 0 Å². The molecule has 3 aromatic rings. The number of carbonyl (C=O) groups is 3. The molecule has 1 aliphatic carbocycles. The lowest BCUT2D eigenvalue weighted by Gasteiger charge is -2.19. The molecule has 2 heterocycles. The summed E-state index contributed by atoms with van der Waals surface area (Å²) >= 11 is 2.65. The van der Waals surface area contributed by atoms with Gasteiger partial charge in [0.1, 0.15) is 9.88 Å². The van der Waals surface area contributed by atoms with Crippen molar-refractivity contribution in [3.8, 4) is 0 Å². The molecule has 8 heteroatoms. The number of fused-ring (bicyclic) bond motifs is 1. The molecule has 33 heavy (non-hydrogen) atoms. The molecule has 0 aliphatic heterocycles. The first kappa shape index (κ1) is 23.2. The van der Waals surface area contributed by atoms with Crippen LogP contribution in [-0.2, 0) is 27.1 Å². The van der Waals surface area contributed by atoms with Crippen LogP contribution >= 0.6 is 22.7 Å². The molecule has 0 spiro atoms. The van der Waals surface area contributed by atoms with Gasteiger partial charge in [0.05, 0.1) is 12.2 Å². The van der Waals surface area contributed by atoms with Crippen LogP contribution in [-0.4, -0.2) is 24.5 Å². The zero-order chi connectivity index (χ0) is 23.4. The Morgan fingerprint density at radius 2 is 1.91 bits per heavy atom. The maximum atomic E-state index is 13.4. The number of hydrogen-bond donors (Lipinski definition) is 1. The molecule has 172 valence electrons. The lowest BCUT2D eigenvalue weighted by atomic mass is 9.88. The van der Waals surface area contributed by atoms with Crippen molar-refractivity contribution in [3.05, 3.63) is 74.3 Å². The highest BCUT2D eigenvalue weighted by molar-refractivity contribution is 7.17. The van der Waals surface area contributed by atoms with E-state index in [0.29, 0.717) is 26.9 Å². The zero-order valence-electron chi connectivity index (χ0n) is 18.5. The van der Waals surface area contributed by atoms with Crippen molar-refractivity contribution in [2.45, 2.75) is 39.2 Å². The first-order chi connectivity index (χ1) is 16.0. The highest BCUT2D eigenvalue weighted by atomic mass is 32.1. The number of rotatable bonds is 7. The highest BCUT2D eigenvalue weighted by Gasteiger charge is 2.32. The van der Waals surface area contributed by atoms with Crippen molar-refractivity contribution in [1.82, 2.24) is 0 Å². The molecule has 6 nitrogen and oxygen atoms in total. The van der Waals surface area contributed by atoms with Gasteiger partial charge in [0.15, 0.2) is 0 Å². The SMILES string of the molecule is CCOC(=O)c1c(NC(=O)[C@@H](OC(=O)c2cccs2)c2ccccc2)sc2c1CC[C@@H](C)C2. The number of amides is 1. The number of hydrogen-bond acceptors (Lipinski definition) is 7. The molecule has 0 saturated carbocycles. The molecule has 0 radical (unpaired) electrons. The predicted octanol–water partition coefficient (Wildman–Crippen LogP) is 5.65. The van der Waals surface area contributed by atoms with Crippen molar-refractivity contribution in [2.24, 2.45) is 5.92 Å². The van der Waals surface area contributed by atoms with Gasteiger partial charge in [-0.15, -0.1) is 22.7 Å². The second kappa shape index (κ2) is 10.3. The molecule has 0 unspecified atom stereocenters. The fourth-order valence-corrected chi connectivity index (χ4v) is 5.90. The van der Waals surface area contributed by atoms with E-state index in [9.17, 15) is 14.4 Å². The van der Waals surface area contributed by atoms with Crippen LogP contribution in [0.1, 0.15) is 62.4 Å². The second-order valence-electron chi connectivity index (χ2n) is 7.94. The Bertz CT molecular complexity index is 1140. The third-order valence-electron chi connectivity index (χ3n) is 5.52. The Morgan fingerprint density at radius 1 is 1.12 bits per heavy atom. The first-order valence-corrected chi connectivity index (χ1v) is 12.6. The van der Waals surface area contributed by atoms with Crippen molar-refractivity contribution in [2.75, 3.05) is 11.9 Å². The molecular weight excluding hydrogens is 458 g/mol. The number of nitrogens with one attached hydrogen (secondary N) is 1. The maximum Gasteiger partial charge on any atom is 0.349 e. The van der Waals surface area contributed by atoms with Crippen LogP contribution in [0.3, 0.4) is 0 Å². The van der Waals surface area contributed by atoms with E-state index in [1.165, 1.54) is 22.7 Å². The smallest absolute Gasteiger partial charge is 0.349 e. The average molecular weight is 484 g/mol. The average Bonchev–Trinajstić information content (AvgIpc) is 3.46. The van der Waals surface area contributed by atoms with E-state index in [0.717, 1.165) is 29.7 Å². The van der Waals surface area contributed by atoms with E-state index in [1.54, 1.807) is 48.7 Å². The molecule has 2 atom stereocenters. The lowest BCUT2D eigenvalue weighted by molar-refractivity contribution is -0.125. The van der Waals surface area contributed by atoms with Gasteiger partial charge in [0, 0.05) is 10.4 Å². The largest absolute Gasteiger partial charge is 0.462 e. The zero-order valence-corrected chi connectivity index (χ0v) is 20.1. The summed E-state index contributed by atoms with van der Waals surface area (Å²) in [6, 6.07) is 12.3. The summed E-state index contributed by atoms with van der Waals surface area (Å²) in [7, 11) is 0. The van der Waals surface area contributed by atoms with E-state index in [4.69, 9.17) is 9.47 Å². The summed E-state index contributed by atoms with van der Waals surface area (Å²) in [5, 5.41) is 5.10. The van der Waals surface area contributed by atoms with E-state index >= 15 is 0 Å². The molecule has 4 rings (SSSR count). The van der Waals surface area contributed by atoms with E-state index in [-0.39, 0.29) is 6.61 Å². The first-order valence-electron chi connectivity index (χ1n) is 10.9. The Kier molecular flexibility index (Phi) is 7.25. The van der Waals surface area contributed by atoms with Crippen LogP contribution in [0.5, 0.6) is 0 Å². The van der Waals surface area contributed by atoms with E-state index in [1.807, 2.05) is 6.07 Å². The molecule has 1 aromatic carbocycles. The van der Waals surface area contributed by atoms with Gasteiger partial charge >= 0.3 is 11.9 Å². The number of ether oxygens (including phenoxy) is 2. The third-order valence-corrected chi connectivity index (χ3v) is 7.54. The summed E-state index contributed by atoms with van der Waals surface area (Å²) in [5.41, 5.74) is 1.93. The van der Waals surface area contributed by atoms with Crippen LogP contribution in [0.4, 0.5) is 5.00 Å². The fourth-order valence-electron chi connectivity index (χ4n) is 3.90. The van der Waals surface area contributed by atoms with Crippen molar-refractivity contribution in [1.29, 1.82) is 0 Å². The van der Waals surface area contributed by atoms with Crippen LogP contribution in [0, 0.1) is 5.92 Å². The second-order valence-corrected chi connectivity index (χ2v) is 9.99. The summed E-state index contributed by atoms with van der Waals surface area (Å²) in [6.45, 7) is 4.19. The van der Waals surface area contributed by atoms with Gasteiger partial charge in [-0.1, -0.05) is 43.3 Å². The van der Waals surface area contributed by atoms with E-state index in [2.05, 4.69) is 12.2 Å². The predicted molar refractivity (Wildman–Crippen MR) is 129 cm³/mol. The quantitative estimate of drug-likeness (QED) is 0.439. The van der Waals surface area contributed by atoms with Gasteiger partial charge in [-0.3, -0.25) is 4.79 Å². The topological polar surface area (TPSA) is 81.7 Å². The minimum Gasteiger partial charge on any atom is -0.462 e. The summed E-state index contributed by atoms with van der Waals surface area (Å²) in [4.78, 5) is 40.3. The molecule has 0 saturated heterocycles. The maximum absolute atomic E-state index is 13.4. The number of carbonyl (C=O) groups excluding carboxylic acids is 3. The standard InChI is InChI=1S/C25H25NO5S2/c1-3-30-25(29)20-17-12-11-15(2)14-19(17)33-23(20)26-22(27)21(16-8-5-4-6-9-16)31-24(28)18-10-7-13-32-18/h4-10,13,15,21H,3,11-12,14H2,1-2H3,(H,26,27)/t15-,21+/m1/s1. The van der Waals surface area contributed by atoms with E-state index < -0.39 is 23.9 Å². The molecule has 1 N–H and O–H groups in total. The van der Waals surface area contributed by atoms with Gasteiger partial charge in [-0.25, -0.2) is 9.59 Å². The van der Waals surface area contributed by atoms with Crippen LogP contribution in [0.15, 0.2) is 47.8 Å². The number of thiophene rings is 2. The molecular formula is C25H25NO5S2. The summed E-state index contributed by atoms with van der Waals surface area (Å²) in [5.74, 6) is -1.01. The number of benzene rings is 1. The lowest BCUT2D eigenvalue weighted by Crippen LogP contribution is -2.26. The minimum atomic E-state index is -1.16. The molecule has 0 bridgehead atoms. The monoisotopic (exact) mass is 483 g/mol. The van der Waals surface area contributed by atoms with Crippen molar-refractivity contribution in [3.63, 3.8) is 0 Å². The van der Waals surface area contributed by atoms with Gasteiger partial charge in [0.2, 0.25) is 6.10 Å². The third kappa shape index (κ3) is 5.17. The summed E-state index contributed by atoms with van der Waals surface area (Å²) in [6.07, 6.45) is 1.45. The van der Waals surface area contributed by atoms with Gasteiger partial charge < -0.3 is 14.8 Å². The molecule has 1 aliphatic rings. The van der Waals surface area contributed by atoms with Gasteiger partial charge in [0.25, 0.3) is 5.91 Å². The Labute approximate surface area is 200 Å². The van der Waals surface area contributed by atoms with Gasteiger partial charge in [-0.05, 0) is 49.1 Å². The van der Waals surface area contributed by atoms with Crippen LogP contribution < -0.4 is 5.32 Å². The Morgan fingerprint density at radius 3 is 2.61 bits per heavy atom. The van der Waals surface area contributed by atoms with Crippen LogP contribution in [0.2, 0.25) is 0 Å².